The third kappa shape index (κ3) is 3.73. The number of piperazine rings is 1. The van der Waals surface area contributed by atoms with Gasteiger partial charge in [0.1, 0.15) is 11.5 Å². The number of rotatable bonds is 3. The molecule has 0 saturated carbocycles. The third-order valence-electron chi connectivity index (χ3n) is 4.92. The summed E-state index contributed by atoms with van der Waals surface area (Å²) in [5.41, 5.74) is 1.20. The van der Waals surface area contributed by atoms with Crippen LogP contribution in [0.25, 0.3) is 11.5 Å². The van der Waals surface area contributed by atoms with Gasteiger partial charge in [0, 0.05) is 51.4 Å². The van der Waals surface area contributed by atoms with E-state index in [-0.39, 0.29) is 18.3 Å². The van der Waals surface area contributed by atoms with Crippen molar-refractivity contribution >= 4 is 18.3 Å². The number of aromatic nitrogens is 2. The molecule has 1 amide bonds. The first-order valence-electron chi connectivity index (χ1n) is 8.57. The summed E-state index contributed by atoms with van der Waals surface area (Å²) in [4.78, 5) is 17.1. The van der Waals surface area contributed by atoms with E-state index in [9.17, 15) is 4.79 Å². The highest BCUT2D eigenvalue weighted by molar-refractivity contribution is 5.93. The number of likely N-dealkylation sites (tertiary alicyclic amines) is 1. The van der Waals surface area contributed by atoms with Crippen LogP contribution in [-0.4, -0.2) is 71.2 Å². The van der Waals surface area contributed by atoms with Crippen LogP contribution in [-0.2, 0) is 0 Å². The van der Waals surface area contributed by atoms with Gasteiger partial charge in [-0.3, -0.25) is 14.8 Å². The van der Waals surface area contributed by atoms with E-state index in [1.807, 2.05) is 24.0 Å². The van der Waals surface area contributed by atoms with Crippen LogP contribution in [0.5, 0.6) is 0 Å². The zero-order valence-corrected chi connectivity index (χ0v) is 15.1. The fourth-order valence-corrected chi connectivity index (χ4v) is 3.57. The highest BCUT2D eigenvalue weighted by Gasteiger charge is 2.32. The number of amides is 1. The van der Waals surface area contributed by atoms with E-state index in [4.69, 9.17) is 4.42 Å². The minimum atomic E-state index is -0.00147. The van der Waals surface area contributed by atoms with E-state index in [0.29, 0.717) is 17.5 Å². The Hall–Kier alpha value is -1.83. The normalized spacial score (nSPS) is 21.3. The van der Waals surface area contributed by atoms with E-state index in [1.165, 1.54) is 0 Å². The Balaban J connectivity index is 0.00000182. The molecule has 4 rings (SSSR count). The number of H-pyrrole nitrogens is 1. The number of hydrogen-bond donors (Lipinski definition) is 2. The second-order valence-corrected chi connectivity index (χ2v) is 6.56. The summed E-state index contributed by atoms with van der Waals surface area (Å²) < 4.78 is 5.58. The van der Waals surface area contributed by atoms with Crippen molar-refractivity contribution in [3.05, 3.63) is 29.7 Å². The van der Waals surface area contributed by atoms with E-state index in [0.717, 1.165) is 57.1 Å². The number of aryl methyl sites for hydroxylation is 1. The largest absolute Gasteiger partial charge is 0.460 e. The highest BCUT2D eigenvalue weighted by atomic mass is 35.5. The molecule has 25 heavy (non-hydrogen) atoms. The molecule has 1 unspecified atom stereocenters. The predicted molar refractivity (Wildman–Crippen MR) is 97.0 cm³/mol. The van der Waals surface area contributed by atoms with E-state index >= 15 is 0 Å². The number of nitrogens with one attached hydrogen (secondary N) is 2. The van der Waals surface area contributed by atoms with Crippen molar-refractivity contribution in [1.82, 2.24) is 25.3 Å². The lowest BCUT2D eigenvalue weighted by Crippen LogP contribution is -2.49. The maximum absolute atomic E-state index is 12.7. The van der Waals surface area contributed by atoms with Crippen LogP contribution in [0.4, 0.5) is 0 Å². The number of halogens is 1. The summed E-state index contributed by atoms with van der Waals surface area (Å²) in [5, 5.41) is 10.5. The molecule has 136 valence electrons. The molecule has 2 N–H and O–H groups in total. The molecular weight excluding hydrogens is 342 g/mol. The van der Waals surface area contributed by atoms with Crippen LogP contribution < -0.4 is 5.32 Å². The maximum atomic E-state index is 12.7. The van der Waals surface area contributed by atoms with Gasteiger partial charge in [0.05, 0.1) is 0 Å². The number of hydrogen-bond acceptors (Lipinski definition) is 5. The molecule has 2 aromatic heterocycles. The van der Waals surface area contributed by atoms with Crippen LogP contribution in [0.3, 0.4) is 0 Å². The number of carbonyl (C=O) groups excluding carboxylic acids is 1. The van der Waals surface area contributed by atoms with Gasteiger partial charge in [-0.2, -0.15) is 5.10 Å². The highest BCUT2D eigenvalue weighted by Crippen LogP contribution is 2.22. The van der Waals surface area contributed by atoms with E-state index in [2.05, 4.69) is 20.4 Å². The lowest BCUT2D eigenvalue weighted by atomic mass is 10.2. The van der Waals surface area contributed by atoms with Gasteiger partial charge in [-0.05, 0) is 25.5 Å². The zero-order valence-electron chi connectivity index (χ0n) is 14.3. The van der Waals surface area contributed by atoms with Gasteiger partial charge < -0.3 is 14.6 Å². The molecule has 2 saturated heterocycles. The Morgan fingerprint density at radius 2 is 2.08 bits per heavy atom. The summed E-state index contributed by atoms with van der Waals surface area (Å²) in [5.74, 6) is 1.54. The molecular formula is C17H24ClN5O2. The van der Waals surface area contributed by atoms with Crippen LogP contribution in [0.15, 0.2) is 22.6 Å². The average molecular weight is 366 g/mol. The first-order valence-corrected chi connectivity index (χ1v) is 8.57. The van der Waals surface area contributed by atoms with Crippen molar-refractivity contribution in [3.8, 4) is 11.5 Å². The Bertz CT molecular complexity index is 722. The lowest BCUT2D eigenvalue weighted by molar-refractivity contribution is 0.0767. The topological polar surface area (TPSA) is 77.4 Å². The van der Waals surface area contributed by atoms with Gasteiger partial charge in [-0.15, -0.1) is 12.4 Å². The molecule has 0 aromatic carbocycles. The molecule has 7 nitrogen and oxygen atoms in total. The monoisotopic (exact) mass is 365 g/mol. The number of nitrogens with zero attached hydrogens (tertiary/aromatic N) is 3. The average Bonchev–Trinajstić information content (AvgIpc) is 3.35. The molecule has 0 bridgehead atoms. The number of carbonyl (C=O) groups is 1. The van der Waals surface area contributed by atoms with Crippen LogP contribution in [0.2, 0.25) is 0 Å². The SMILES string of the molecule is Cc1ccc(-c2cc(C(=O)N3CCC(N4CCNCC4)C3)n[nH]2)o1.Cl. The van der Waals surface area contributed by atoms with Crippen molar-refractivity contribution in [1.29, 1.82) is 0 Å². The molecule has 2 aliphatic rings. The van der Waals surface area contributed by atoms with Gasteiger partial charge in [-0.25, -0.2) is 0 Å². The second-order valence-electron chi connectivity index (χ2n) is 6.56. The maximum Gasteiger partial charge on any atom is 0.274 e. The minimum Gasteiger partial charge on any atom is -0.460 e. The van der Waals surface area contributed by atoms with Gasteiger partial charge >= 0.3 is 0 Å². The molecule has 2 aromatic rings. The lowest BCUT2D eigenvalue weighted by Gasteiger charge is -2.32. The van der Waals surface area contributed by atoms with Crippen molar-refractivity contribution in [2.45, 2.75) is 19.4 Å². The Kier molecular flexibility index (Phi) is 5.46. The fraction of sp³-hybridized carbons (Fsp3) is 0.529. The molecule has 1 atom stereocenters. The summed E-state index contributed by atoms with van der Waals surface area (Å²) in [6, 6.07) is 6.03. The second kappa shape index (κ2) is 7.59. The van der Waals surface area contributed by atoms with Gasteiger partial charge in [-0.1, -0.05) is 0 Å². The smallest absolute Gasteiger partial charge is 0.274 e. The predicted octanol–water partition coefficient (Wildman–Crippen LogP) is 1.52. The van der Waals surface area contributed by atoms with Crippen molar-refractivity contribution < 1.29 is 9.21 Å². The molecule has 2 fully saturated rings. The summed E-state index contributed by atoms with van der Waals surface area (Å²) in [6.45, 7) is 7.70. The Morgan fingerprint density at radius 1 is 1.28 bits per heavy atom. The van der Waals surface area contributed by atoms with Gasteiger partial charge in [0.15, 0.2) is 11.5 Å². The zero-order chi connectivity index (χ0) is 16.5. The number of aromatic amines is 1. The number of furan rings is 1. The van der Waals surface area contributed by atoms with E-state index < -0.39 is 0 Å². The van der Waals surface area contributed by atoms with Crippen LogP contribution in [0.1, 0.15) is 22.7 Å². The van der Waals surface area contributed by atoms with Crippen LogP contribution >= 0.6 is 12.4 Å². The first kappa shape index (κ1) is 18.0. The summed E-state index contributed by atoms with van der Waals surface area (Å²) >= 11 is 0. The Labute approximate surface area is 153 Å². The summed E-state index contributed by atoms with van der Waals surface area (Å²) in [7, 11) is 0. The van der Waals surface area contributed by atoms with Crippen molar-refractivity contribution in [2.75, 3.05) is 39.3 Å². The first-order chi connectivity index (χ1) is 11.7. The van der Waals surface area contributed by atoms with Gasteiger partial charge in [0.25, 0.3) is 5.91 Å². The third-order valence-corrected chi connectivity index (χ3v) is 4.92. The van der Waals surface area contributed by atoms with E-state index in [1.54, 1.807) is 6.07 Å². The summed E-state index contributed by atoms with van der Waals surface area (Å²) in [6.07, 6.45) is 1.04. The van der Waals surface area contributed by atoms with Crippen molar-refractivity contribution in [3.63, 3.8) is 0 Å². The molecule has 4 heterocycles. The van der Waals surface area contributed by atoms with Gasteiger partial charge in [0.2, 0.25) is 0 Å². The molecule has 0 aliphatic carbocycles. The molecule has 0 spiro atoms. The Morgan fingerprint density at radius 3 is 2.80 bits per heavy atom. The van der Waals surface area contributed by atoms with Crippen LogP contribution in [0, 0.1) is 6.92 Å². The standard InChI is InChI=1S/C17H23N5O2.ClH/c1-12-2-3-16(24-12)14-10-15(20-19-14)17(23)22-7-4-13(11-22)21-8-5-18-6-9-21;/h2-3,10,13,18H,4-9,11H2,1H3,(H,19,20);1H. The molecule has 2 aliphatic heterocycles. The van der Waals surface area contributed by atoms with Crippen molar-refractivity contribution in [2.24, 2.45) is 0 Å². The molecule has 0 radical (unpaired) electrons. The quantitative estimate of drug-likeness (QED) is 0.862. The minimum absolute atomic E-state index is 0. The fourth-order valence-electron chi connectivity index (χ4n) is 3.57. The molecule has 8 heteroatoms.